The minimum atomic E-state index is -0.543. The number of benzene rings is 4. The molecule has 1 saturated heterocycles. The standard InChI is InChI=1S/C35H33FN4O2S2/c1-39-16-18-40(19-17-39)23-25-10-12-26(13-11-25)32-21-27-8-5-9-31(34(27)44-32)42-30-15-14-28(22-29(30)36)37-35(43)38-33(41)20-24-6-3-2-4-7-24/h2-15,21-22H,16-20,23H2,1H3,(H2,37,38,41,43). The molecule has 1 aliphatic rings. The number of amides is 1. The van der Waals surface area contributed by atoms with E-state index in [0.717, 1.165) is 58.8 Å². The van der Waals surface area contributed by atoms with Crippen LogP contribution < -0.4 is 15.4 Å². The average molecular weight is 625 g/mol. The average Bonchev–Trinajstić information content (AvgIpc) is 3.46. The van der Waals surface area contributed by atoms with Crippen molar-refractivity contribution in [3.63, 3.8) is 0 Å². The Balaban J connectivity index is 1.09. The first-order valence-electron chi connectivity index (χ1n) is 14.5. The number of ether oxygens (including phenoxy) is 1. The number of fused-ring (bicyclic) bond motifs is 1. The van der Waals surface area contributed by atoms with Crippen molar-refractivity contribution < 1.29 is 13.9 Å². The molecule has 0 saturated carbocycles. The second kappa shape index (κ2) is 13.7. The Kier molecular flexibility index (Phi) is 9.28. The van der Waals surface area contributed by atoms with Crippen LogP contribution in [0, 0.1) is 5.82 Å². The van der Waals surface area contributed by atoms with Gasteiger partial charge < -0.3 is 20.3 Å². The number of nitrogens with zero attached hydrogens (tertiary/aromatic N) is 2. The molecule has 6 rings (SSSR count). The SMILES string of the molecule is CN1CCN(Cc2ccc(-c3cc4cccc(Oc5ccc(NC(=S)NC(=O)Cc6ccccc6)cc5F)c4s3)cc2)CC1. The number of carbonyl (C=O) groups excluding carboxylic acids is 1. The molecule has 9 heteroatoms. The van der Waals surface area contributed by atoms with Crippen molar-refractivity contribution in [1.82, 2.24) is 15.1 Å². The number of hydrogen-bond acceptors (Lipinski definition) is 6. The van der Waals surface area contributed by atoms with Gasteiger partial charge in [0.2, 0.25) is 5.91 Å². The number of hydrogen-bond donors (Lipinski definition) is 2. The van der Waals surface area contributed by atoms with E-state index in [4.69, 9.17) is 17.0 Å². The molecule has 2 N–H and O–H groups in total. The predicted molar refractivity (Wildman–Crippen MR) is 181 cm³/mol. The normalized spacial score (nSPS) is 14.0. The summed E-state index contributed by atoms with van der Waals surface area (Å²) in [6.07, 6.45) is 0.196. The first-order valence-corrected chi connectivity index (χ1v) is 15.8. The molecule has 44 heavy (non-hydrogen) atoms. The number of thiocarbonyl (C=S) groups is 1. The molecule has 5 aromatic rings. The third-order valence-corrected chi connectivity index (χ3v) is 9.04. The Morgan fingerprint density at radius 2 is 1.66 bits per heavy atom. The van der Waals surface area contributed by atoms with E-state index < -0.39 is 5.82 Å². The molecule has 0 bridgehead atoms. The molecule has 1 fully saturated rings. The monoisotopic (exact) mass is 624 g/mol. The van der Waals surface area contributed by atoms with E-state index in [1.165, 1.54) is 11.6 Å². The van der Waals surface area contributed by atoms with Crippen molar-refractivity contribution in [2.45, 2.75) is 13.0 Å². The van der Waals surface area contributed by atoms with Crippen LogP contribution in [0.3, 0.4) is 0 Å². The first kappa shape index (κ1) is 29.9. The Labute approximate surface area is 266 Å². The third-order valence-electron chi connectivity index (χ3n) is 7.62. The van der Waals surface area contributed by atoms with Gasteiger partial charge in [-0.05, 0) is 65.6 Å². The molecule has 224 valence electrons. The Morgan fingerprint density at radius 3 is 2.41 bits per heavy atom. The molecule has 2 heterocycles. The van der Waals surface area contributed by atoms with Gasteiger partial charge in [-0.3, -0.25) is 9.69 Å². The Morgan fingerprint density at radius 1 is 0.886 bits per heavy atom. The number of carbonyl (C=O) groups is 1. The summed E-state index contributed by atoms with van der Waals surface area (Å²) in [5.74, 6) is -0.101. The van der Waals surface area contributed by atoms with Crippen LogP contribution in [0.25, 0.3) is 20.5 Å². The van der Waals surface area contributed by atoms with E-state index in [1.54, 1.807) is 23.5 Å². The van der Waals surface area contributed by atoms with Gasteiger partial charge in [-0.15, -0.1) is 11.3 Å². The molecule has 0 radical (unpaired) electrons. The molecule has 6 nitrogen and oxygen atoms in total. The highest BCUT2D eigenvalue weighted by Gasteiger charge is 2.15. The van der Waals surface area contributed by atoms with E-state index in [1.807, 2.05) is 48.5 Å². The van der Waals surface area contributed by atoms with Gasteiger partial charge in [-0.2, -0.15) is 0 Å². The summed E-state index contributed by atoms with van der Waals surface area (Å²) in [7, 11) is 2.17. The fourth-order valence-corrected chi connectivity index (χ4v) is 6.54. The minimum absolute atomic E-state index is 0.0993. The van der Waals surface area contributed by atoms with Crippen molar-refractivity contribution in [3.05, 3.63) is 114 Å². The van der Waals surface area contributed by atoms with Gasteiger partial charge in [0.1, 0.15) is 5.75 Å². The van der Waals surface area contributed by atoms with Crippen LogP contribution in [0.1, 0.15) is 11.1 Å². The number of piperazine rings is 1. The van der Waals surface area contributed by atoms with Crippen molar-refractivity contribution in [2.24, 2.45) is 0 Å². The summed E-state index contributed by atoms with van der Waals surface area (Å²) in [5.41, 5.74) is 3.75. The van der Waals surface area contributed by atoms with Gasteiger partial charge in [0.05, 0.1) is 11.1 Å². The van der Waals surface area contributed by atoms with Gasteiger partial charge >= 0.3 is 0 Å². The summed E-state index contributed by atoms with van der Waals surface area (Å²) in [6, 6.07) is 30.6. The Bertz CT molecular complexity index is 1770. The quantitative estimate of drug-likeness (QED) is 0.177. The fourth-order valence-electron chi connectivity index (χ4n) is 5.19. The second-order valence-electron chi connectivity index (χ2n) is 11.0. The van der Waals surface area contributed by atoms with E-state index >= 15 is 4.39 Å². The highest BCUT2D eigenvalue weighted by atomic mass is 32.1. The largest absolute Gasteiger partial charge is 0.453 e. The van der Waals surface area contributed by atoms with Crippen LogP contribution in [0.5, 0.6) is 11.5 Å². The van der Waals surface area contributed by atoms with E-state index in [9.17, 15) is 4.79 Å². The zero-order valence-electron chi connectivity index (χ0n) is 24.4. The smallest absolute Gasteiger partial charge is 0.230 e. The molecule has 0 atom stereocenters. The molecule has 4 aromatic carbocycles. The van der Waals surface area contributed by atoms with Crippen LogP contribution in [-0.2, 0) is 17.8 Å². The molecule has 0 spiro atoms. The van der Waals surface area contributed by atoms with Gasteiger partial charge in [0.15, 0.2) is 16.7 Å². The molecular weight excluding hydrogens is 592 g/mol. The van der Waals surface area contributed by atoms with Crippen molar-refractivity contribution in [1.29, 1.82) is 0 Å². The number of thiophene rings is 1. The lowest BCUT2D eigenvalue weighted by molar-refractivity contribution is -0.119. The maximum absolute atomic E-state index is 15.1. The highest BCUT2D eigenvalue weighted by molar-refractivity contribution is 7.80. The van der Waals surface area contributed by atoms with Gasteiger partial charge in [0.25, 0.3) is 0 Å². The number of anilines is 1. The molecule has 1 aromatic heterocycles. The van der Waals surface area contributed by atoms with Crippen molar-refractivity contribution in [3.8, 4) is 21.9 Å². The molecular formula is C35H33FN4O2S2. The zero-order valence-corrected chi connectivity index (χ0v) is 26.0. The fraction of sp³-hybridized carbons (Fsp3) is 0.200. The summed E-state index contributed by atoms with van der Waals surface area (Å²) in [4.78, 5) is 18.3. The van der Waals surface area contributed by atoms with Crippen LogP contribution in [0.15, 0.2) is 97.1 Å². The maximum atomic E-state index is 15.1. The maximum Gasteiger partial charge on any atom is 0.230 e. The predicted octanol–water partition coefficient (Wildman–Crippen LogP) is 7.30. The number of nitrogens with one attached hydrogen (secondary N) is 2. The summed E-state index contributed by atoms with van der Waals surface area (Å²) in [5, 5.41) is 6.65. The number of halogens is 1. The first-order chi connectivity index (χ1) is 21.4. The molecule has 1 amide bonds. The lowest BCUT2D eigenvalue weighted by Gasteiger charge is -2.32. The highest BCUT2D eigenvalue weighted by Crippen LogP contribution is 2.40. The van der Waals surface area contributed by atoms with Gasteiger partial charge in [-0.25, -0.2) is 4.39 Å². The van der Waals surface area contributed by atoms with E-state index in [2.05, 4.69) is 57.8 Å². The molecule has 0 aliphatic carbocycles. The summed E-state index contributed by atoms with van der Waals surface area (Å²) >= 11 is 6.88. The lowest BCUT2D eigenvalue weighted by Crippen LogP contribution is -2.43. The van der Waals surface area contributed by atoms with Crippen LogP contribution in [0.2, 0.25) is 0 Å². The summed E-state index contributed by atoms with van der Waals surface area (Å²) < 4.78 is 22.2. The third kappa shape index (κ3) is 7.49. The van der Waals surface area contributed by atoms with Gasteiger partial charge in [-0.1, -0.05) is 66.7 Å². The van der Waals surface area contributed by atoms with E-state index in [-0.39, 0.29) is 23.2 Å². The molecule has 0 unspecified atom stereocenters. The van der Waals surface area contributed by atoms with Crippen LogP contribution in [0.4, 0.5) is 10.1 Å². The van der Waals surface area contributed by atoms with Crippen molar-refractivity contribution >= 4 is 50.3 Å². The zero-order chi connectivity index (χ0) is 30.5. The minimum Gasteiger partial charge on any atom is -0.453 e. The van der Waals surface area contributed by atoms with Gasteiger partial charge in [0, 0.05) is 49.4 Å². The van der Waals surface area contributed by atoms with Crippen LogP contribution in [-0.4, -0.2) is 54.0 Å². The Hall–Kier alpha value is -4.15. The second-order valence-corrected chi connectivity index (χ2v) is 12.4. The lowest BCUT2D eigenvalue weighted by atomic mass is 10.1. The summed E-state index contributed by atoms with van der Waals surface area (Å²) in [6.45, 7) is 5.38. The van der Waals surface area contributed by atoms with Crippen LogP contribution >= 0.6 is 23.6 Å². The van der Waals surface area contributed by atoms with Crippen molar-refractivity contribution in [2.75, 3.05) is 38.5 Å². The number of rotatable bonds is 8. The number of likely N-dealkylation sites (N-methyl/N-ethyl adjacent to an activating group) is 1. The molecule has 1 aliphatic heterocycles. The van der Waals surface area contributed by atoms with E-state index in [0.29, 0.717) is 11.4 Å². The topological polar surface area (TPSA) is 56.8 Å².